The van der Waals surface area contributed by atoms with Crippen molar-refractivity contribution in [3.8, 4) is 5.75 Å². The highest BCUT2D eigenvalue weighted by molar-refractivity contribution is 5.90. The van der Waals surface area contributed by atoms with Gasteiger partial charge in [0.2, 0.25) is 0 Å². The van der Waals surface area contributed by atoms with Crippen LogP contribution >= 0.6 is 0 Å². The molecular formula is C15H14N2O2. The Balaban J connectivity index is 1.81. The molecule has 3 rings (SSSR count). The first-order valence-corrected chi connectivity index (χ1v) is 6.24. The second-order valence-electron chi connectivity index (χ2n) is 4.52. The van der Waals surface area contributed by atoms with Gasteiger partial charge in [0.05, 0.1) is 0 Å². The van der Waals surface area contributed by atoms with Crippen molar-refractivity contribution >= 4 is 11.9 Å². The summed E-state index contributed by atoms with van der Waals surface area (Å²) < 4.78 is 5.43. The summed E-state index contributed by atoms with van der Waals surface area (Å²) in [7, 11) is 0. The third-order valence-corrected chi connectivity index (χ3v) is 3.24. The molecule has 0 saturated carbocycles. The lowest BCUT2D eigenvalue weighted by Gasteiger charge is -2.16. The Morgan fingerprint density at radius 1 is 1.26 bits per heavy atom. The number of nitrogens with zero attached hydrogens (tertiary/aromatic N) is 2. The minimum atomic E-state index is -0.369. The number of benzene rings is 1. The van der Waals surface area contributed by atoms with Gasteiger partial charge in [0.15, 0.2) is 0 Å². The summed E-state index contributed by atoms with van der Waals surface area (Å²) in [5.74, 6) is 1.30. The van der Waals surface area contributed by atoms with E-state index < -0.39 is 0 Å². The van der Waals surface area contributed by atoms with Gasteiger partial charge in [-0.15, -0.1) is 0 Å². The number of ether oxygens (including phenoxy) is 1. The fourth-order valence-electron chi connectivity index (χ4n) is 2.20. The Hall–Kier alpha value is -2.36. The second-order valence-corrected chi connectivity index (χ2v) is 4.52. The first-order valence-electron chi connectivity index (χ1n) is 6.24. The Kier molecular flexibility index (Phi) is 2.91. The highest BCUT2D eigenvalue weighted by Gasteiger charge is 2.27. The summed E-state index contributed by atoms with van der Waals surface area (Å²) in [4.78, 5) is 18.0. The Morgan fingerprint density at radius 2 is 2.11 bits per heavy atom. The van der Waals surface area contributed by atoms with Gasteiger partial charge in [0.1, 0.15) is 11.6 Å². The molecule has 1 aromatic carbocycles. The quantitative estimate of drug-likeness (QED) is 0.785. The third kappa shape index (κ3) is 2.17. The van der Waals surface area contributed by atoms with Crippen LogP contribution in [-0.2, 0) is 6.42 Å². The van der Waals surface area contributed by atoms with Crippen LogP contribution in [0.3, 0.4) is 0 Å². The topological polar surface area (TPSA) is 42.4 Å². The molecule has 1 aliphatic rings. The summed E-state index contributed by atoms with van der Waals surface area (Å²) in [6.07, 6.45) is 2.15. The Morgan fingerprint density at radius 3 is 2.95 bits per heavy atom. The van der Waals surface area contributed by atoms with E-state index in [0.29, 0.717) is 18.1 Å². The van der Waals surface area contributed by atoms with Crippen LogP contribution in [0.4, 0.5) is 10.6 Å². The van der Waals surface area contributed by atoms with E-state index in [2.05, 4.69) is 4.98 Å². The number of pyridine rings is 1. The molecule has 2 heterocycles. The molecule has 96 valence electrons. The molecule has 1 amide bonds. The summed E-state index contributed by atoms with van der Waals surface area (Å²) in [5.41, 5.74) is 2.03. The summed E-state index contributed by atoms with van der Waals surface area (Å²) in [6.45, 7) is 2.54. The van der Waals surface area contributed by atoms with Gasteiger partial charge in [-0.05, 0) is 36.6 Å². The van der Waals surface area contributed by atoms with E-state index in [9.17, 15) is 4.79 Å². The SMILES string of the molecule is Cc1ccccc1OC(=O)N1CCc2cccnc21. The molecule has 0 aliphatic carbocycles. The van der Waals surface area contributed by atoms with Gasteiger partial charge in [-0.2, -0.15) is 0 Å². The number of carbonyl (C=O) groups is 1. The van der Waals surface area contributed by atoms with Crippen LogP contribution in [0, 0.1) is 6.92 Å². The lowest BCUT2D eigenvalue weighted by Crippen LogP contribution is -2.32. The number of aromatic nitrogens is 1. The molecule has 0 bridgehead atoms. The first kappa shape index (κ1) is 11.7. The van der Waals surface area contributed by atoms with Crippen LogP contribution in [0.15, 0.2) is 42.6 Å². The number of hydrogen-bond donors (Lipinski definition) is 0. The molecule has 19 heavy (non-hydrogen) atoms. The van der Waals surface area contributed by atoms with Crippen LogP contribution in [0.25, 0.3) is 0 Å². The largest absolute Gasteiger partial charge is 0.420 e. The van der Waals surface area contributed by atoms with Crippen molar-refractivity contribution in [3.63, 3.8) is 0 Å². The Bertz CT molecular complexity index is 625. The van der Waals surface area contributed by atoms with Crippen LogP contribution in [0.2, 0.25) is 0 Å². The fourth-order valence-corrected chi connectivity index (χ4v) is 2.20. The second kappa shape index (κ2) is 4.72. The molecule has 0 spiro atoms. The molecule has 4 nitrogen and oxygen atoms in total. The van der Waals surface area contributed by atoms with Gasteiger partial charge in [-0.3, -0.25) is 4.90 Å². The summed E-state index contributed by atoms with van der Waals surface area (Å²) in [6, 6.07) is 11.4. The zero-order chi connectivity index (χ0) is 13.2. The average Bonchev–Trinajstić information content (AvgIpc) is 2.85. The van der Waals surface area contributed by atoms with E-state index in [4.69, 9.17) is 4.74 Å². The summed E-state index contributed by atoms with van der Waals surface area (Å²) in [5, 5.41) is 0. The number of anilines is 1. The van der Waals surface area contributed by atoms with Crippen LogP contribution in [0.5, 0.6) is 5.75 Å². The Labute approximate surface area is 111 Å². The lowest BCUT2D eigenvalue weighted by molar-refractivity contribution is 0.207. The molecule has 1 aliphatic heterocycles. The van der Waals surface area contributed by atoms with Gasteiger partial charge < -0.3 is 4.74 Å². The van der Waals surface area contributed by atoms with Crippen LogP contribution < -0.4 is 9.64 Å². The van der Waals surface area contributed by atoms with Crippen molar-refractivity contribution in [2.75, 3.05) is 11.4 Å². The van der Waals surface area contributed by atoms with Gasteiger partial charge in [-0.1, -0.05) is 24.3 Å². The predicted octanol–water partition coefficient (Wildman–Crippen LogP) is 2.95. The molecule has 0 radical (unpaired) electrons. The molecule has 0 saturated heterocycles. The van der Waals surface area contributed by atoms with Crippen molar-refractivity contribution < 1.29 is 9.53 Å². The first-order chi connectivity index (χ1) is 9.25. The fraction of sp³-hybridized carbons (Fsp3) is 0.200. The number of amides is 1. The zero-order valence-electron chi connectivity index (χ0n) is 10.7. The van der Waals surface area contributed by atoms with Gasteiger partial charge in [0.25, 0.3) is 0 Å². The zero-order valence-corrected chi connectivity index (χ0v) is 10.7. The number of aryl methyl sites for hydroxylation is 1. The van der Waals surface area contributed by atoms with E-state index in [1.807, 2.05) is 37.3 Å². The maximum atomic E-state index is 12.2. The standard InChI is InChI=1S/C15H14N2O2/c1-11-5-2-3-7-13(11)19-15(18)17-10-8-12-6-4-9-16-14(12)17/h2-7,9H,8,10H2,1H3. The maximum absolute atomic E-state index is 12.2. The normalized spacial score (nSPS) is 13.2. The van der Waals surface area contributed by atoms with Crippen molar-refractivity contribution in [1.29, 1.82) is 0 Å². The van der Waals surface area contributed by atoms with E-state index in [1.165, 1.54) is 0 Å². The highest BCUT2D eigenvalue weighted by Crippen LogP contribution is 2.26. The summed E-state index contributed by atoms with van der Waals surface area (Å²) >= 11 is 0. The minimum Gasteiger partial charge on any atom is -0.410 e. The van der Waals surface area contributed by atoms with E-state index in [1.54, 1.807) is 17.2 Å². The number of para-hydroxylation sites is 1. The third-order valence-electron chi connectivity index (χ3n) is 3.24. The molecule has 0 unspecified atom stereocenters. The molecule has 0 fully saturated rings. The van der Waals surface area contributed by atoms with Crippen LogP contribution in [-0.4, -0.2) is 17.6 Å². The predicted molar refractivity (Wildman–Crippen MR) is 72.5 cm³/mol. The lowest BCUT2D eigenvalue weighted by atomic mass is 10.2. The van der Waals surface area contributed by atoms with Crippen molar-refractivity contribution in [3.05, 3.63) is 53.7 Å². The molecule has 0 atom stereocenters. The monoisotopic (exact) mass is 254 g/mol. The van der Waals surface area contributed by atoms with E-state index in [-0.39, 0.29) is 6.09 Å². The number of fused-ring (bicyclic) bond motifs is 1. The molecule has 2 aromatic rings. The van der Waals surface area contributed by atoms with Crippen LogP contribution in [0.1, 0.15) is 11.1 Å². The van der Waals surface area contributed by atoms with Crippen molar-refractivity contribution in [1.82, 2.24) is 4.98 Å². The maximum Gasteiger partial charge on any atom is 0.420 e. The van der Waals surface area contributed by atoms with E-state index in [0.717, 1.165) is 17.5 Å². The minimum absolute atomic E-state index is 0.369. The number of rotatable bonds is 1. The average molecular weight is 254 g/mol. The molecule has 1 aromatic heterocycles. The van der Waals surface area contributed by atoms with Gasteiger partial charge >= 0.3 is 6.09 Å². The molecule has 0 N–H and O–H groups in total. The van der Waals surface area contributed by atoms with Crippen molar-refractivity contribution in [2.45, 2.75) is 13.3 Å². The van der Waals surface area contributed by atoms with Crippen molar-refractivity contribution in [2.24, 2.45) is 0 Å². The van der Waals surface area contributed by atoms with Gasteiger partial charge in [0, 0.05) is 12.7 Å². The smallest absolute Gasteiger partial charge is 0.410 e. The van der Waals surface area contributed by atoms with E-state index >= 15 is 0 Å². The number of hydrogen-bond acceptors (Lipinski definition) is 3. The molecule has 4 heteroatoms. The van der Waals surface area contributed by atoms with Gasteiger partial charge in [-0.25, -0.2) is 9.78 Å². The highest BCUT2D eigenvalue weighted by atomic mass is 16.6. The molecular weight excluding hydrogens is 240 g/mol. The number of carbonyl (C=O) groups excluding carboxylic acids is 1.